The highest BCUT2D eigenvalue weighted by atomic mass is 16.5. The van der Waals surface area contributed by atoms with E-state index >= 15 is 0 Å². The molecule has 1 aliphatic rings. The number of rotatable bonds is 6. The molecule has 1 atom stereocenters. The van der Waals surface area contributed by atoms with E-state index in [2.05, 4.69) is 11.8 Å². The molecule has 1 saturated heterocycles. The van der Waals surface area contributed by atoms with Crippen molar-refractivity contribution < 1.29 is 9.53 Å². The molecule has 16 heavy (non-hydrogen) atoms. The molecule has 0 aromatic carbocycles. The maximum atomic E-state index is 11.6. The molecular formula is C13H25NO2. The lowest BCUT2D eigenvalue weighted by atomic mass is 10.0. The Bertz CT molecular complexity index is 206. The third-order valence-corrected chi connectivity index (χ3v) is 3.39. The summed E-state index contributed by atoms with van der Waals surface area (Å²) in [5.41, 5.74) is 0. The molecule has 1 rings (SSSR count). The first kappa shape index (κ1) is 13.5. The molecule has 1 aliphatic heterocycles. The van der Waals surface area contributed by atoms with Crippen LogP contribution >= 0.6 is 0 Å². The van der Waals surface area contributed by atoms with Crippen LogP contribution in [0.15, 0.2) is 0 Å². The lowest BCUT2D eigenvalue weighted by molar-refractivity contribution is -0.148. The largest absolute Gasteiger partial charge is 0.468 e. The van der Waals surface area contributed by atoms with Crippen LogP contribution in [0.2, 0.25) is 0 Å². The average molecular weight is 227 g/mol. The summed E-state index contributed by atoms with van der Waals surface area (Å²) in [7, 11) is 1.49. The maximum Gasteiger partial charge on any atom is 0.323 e. The first-order valence-electron chi connectivity index (χ1n) is 6.61. The van der Waals surface area contributed by atoms with Gasteiger partial charge < -0.3 is 4.74 Å². The molecule has 0 aromatic rings. The molecule has 0 amide bonds. The number of likely N-dealkylation sites (tertiary alicyclic amines) is 1. The molecule has 0 spiro atoms. The quantitative estimate of drug-likeness (QED) is 0.516. The van der Waals surface area contributed by atoms with Crippen LogP contribution in [0.4, 0.5) is 0 Å². The standard InChI is InChI=1S/C13H25NO2/c1-3-4-5-7-10-14-11-8-6-9-12(14)13(15)16-2/h12H,3-11H2,1-2H3/t12-/m1/s1. The van der Waals surface area contributed by atoms with Crippen LogP contribution < -0.4 is 0 Å². The van der Waals surface area contributed by atoms with E-state index in [4.69, 9.17) is 4.74 Å². The van der Waals surface area contributed by atoms with E-state index in [1.807, 2.05) is 0 Å². The van der Waals surface area contributed by atoms with E-state index in [0.717, 1.165) is 25.9 Å². The molecule has 0 radical (unpaired) electrons. The van der Waals surface area contributed by atoms with Crippen LogP contribution in [-0.4, -0.2) is 37.1 Å². The second-order valence-electron chi connectivity index (χ2n) is 4.63. The van der Waals surface area contributed by atoms with Crippen molar-refractivity contribution in [2.75, 3.05) is 20.2 Å². The van der Waals surface area contributed by atoms with Gasteiger partial charge >= 0.3 is 5.97 Å². The lowest BCUT2D eigenvalue weighted by Crippen LogP contribution is -2.45. The number of piperidine rings is 1. The van der Waals surface area contributed by atoms with Gasteiger partial charge in [0.25, 0.3) is 0 Å². The summed E-state index contributed by atoms with van der Waals surface area (Å²) < 4.78 is 4.87. The molecule has 3 nitrogen and oxygen atoms in total. The zero-order valence-electron chi connectivity index (χ0n) is 10.7. The maximum absolute atomic E-state index is 11.6. The molecule has 1 heterocycles. The average Bonchev–Trinajstić information content (AvgIpc) is 2.34. The summed E-state index contributed by atoms with van der Waals surface area (Å²) in [5, 5.41) is 0. The molecule has 3 heteroatoms. The number of hydrogen-bond donors (Lipinski definition) is 0. The predicted octanol–water partition coefficient (Wildman–Crippen LogP) is 2.59. The second-order valence-corrected chi connectivity index (χ2v) is 4.63. The molecule has 0 bridgehead atoms. The lowest BCUT2D eigenvalue weighted by Gasteiger charge is -2.33. The highest BCUT2D eigenvalue weighted by Gasteiger charge is 2.28. The molecule has 0 saturated carbocycles. The Kier molecular flexibility index (Phi) is 6.46. The highest BCUT2D eigenvalue weighted by molar-refractivity contribution is 5.75. The van der Waals surface area contributed by atoms with Crippen molar-refractivity contribution in [1.29, 1.82) is 0 Å². The second kappa shape index (κ2) is 7.66. The zero-order chi connectivity index (χ0) is 11.8. The minimum atomic E-state index is -0.0461. The van der Waals surface area contributed by atoms with Gasteiger partial charge in [-0.15, -0.1) is 0 Å². The van der Waals surface area contributed by atoms with Crippen molar-refractivity contribution >= 4 is 5.97 Å². The van der Waals surface area contributed by atoms with Gasteiger partial charge in [0.2, 0.25) is 0 Å². The van der Waals surface area contributed by atoms with Gasteiger partial charge in [-0.25, -0.2) is 0 Å². The number of carbonyl (C=O) groups excluding carboxylic acids is 1. The molecule has 1 fully saturated rings. The van der Waals surface area contributed by atoms with Crippen LogP contribution in [0.25, 0.3) is 0 Å². The summed E-state index contributed by atoms with van der Waals surface area (Å²) in [6.45, 7) is 4.34. The molecule has 0 aromatic heterocycles. The van der Waals surface area contributed by atoms with E-state index < -0.39 is 0 Å². The third-order valence-electron chi connectivity index (χ3n) is 3.39. The summed E-state index contributed by atoms with van der Waals surface area (Å²) in [4.78, 5) is 13.9. The van der Waals surface area contributed by atoms with Crippen LogP contribution in [0.1, 0.15) is 51.9 Å². The van der Waals surface area contributed by atoms with E-state index in [-0.39, 0.29) is 12.0 Å². The van der Waals surface area contributed by atoms with E-state index in [1.54, 1.807) is 0 Å². The molecule has 0 aliphatic carbocycles. The zero-order valence-corrected chi connectivity index (χ0v) is 10.7. The normalized spacial score (nSPS) is 22.0. The topological polar surface area (TPSA) is 29.5 Å². The van der Waals surface area contributed by atoms with Crippen LogP contribution in [-0.2, 0) is 9.53 Å². The number of hydrogen-bond acceptors (Lipinski definition) is 3. The molecule has 0 N–H and O–H groups in total. The first-order chi connectivity index (χ1) is 7.79. The van der Waals surface area contributed by atoms with Crippen LogP contribution in [0.3, 0.4) is 0 Å². The number of esters is 1. The van der Waals surface area contributed by atoms with Gasteiger partial charge in [0.15, 0.2) is 0 Å². The fourth-order valence-electron chi connectivity index (χ4n) is 2.40. The third kappa shape index (κ3) is 4.12. The molecule has 94 valence electrons. The molecular weight excluding hydrogens is 202 g/mol. The Balaban J connectivity index is 2.32. The Morgan fingerprint density at radius 3 is 2.81 bits per heavy atom. The number of methoxy groups -OCH3 is 1. The van der Waals surface area contributed by atoms with Crippen molar-refractivity contribution in [3.8, 4) is 0 Å². The minimum absolute atomic E-state index is 0.0281. The summed E-state index contributed by atoms with van der Waals surface area (Å²) in [6, 6.07) is 0.0281. The van der Waals surface area contributed by atoms with Gasteiger partial charge in [-0.05, 0) is 32.4 Å². The fraction of sp³-hybridized carbons (Fsp3) is 0.923. The fourth-order valence-corrected chi connectivity index (χ4v) is 2.40. The first-order valence-corrected chi connectivity index (χ1v) is 6.61. The van der Waals surface area contributed by atoms with Crippen molar-refractivity contribution in [2.24, 2.45) is 0 Å². The smallest absolute Gasteiger partial charge is 0.323 e. The summed E-state index contributed by atoms with van der Waals surface area (Å²) >= 11 is 0. The molecule has 0 unspecified atom stereocenters. The number of carbonyl (C=O) groups is 1. The van der Waals surface area contributed by atoms with E-state index in [0.29, 0.717) is 0 Å². The van der Waals surface area contributed by atoms with Crippen LogP contribution in [0, 0.1) is 0 Å². The van der Waals surface area contributed by atoms with Crippen molar-refractivity contribution in [1.82, 2.24) is 4.90 Å². The Morgan fingerprint density at radius 1 is 1.31 bits per heavy atom. The van der Waals surface area contributed by atoms with E-state index in [9.17, 15) is 4.79 Å². The predicted molar refractivity (Wildman–Crippen MR) is 65.4 cm³/mol. The van der Waals surface area contributed by atoms with Gasteiger partial charge in [0.1, 0.15) is 6.04 Å². The van der Waals surface area contributed by atoms with Gasteiger partial charge in [-0.3, -0.25) is 9.69 Å². The number of ether oxygens (including phenoxy) is 1. The monoisotopic (exact) mass is 227 g/mol. The summed E-state index contributed by atoms with van der Waals surface area (Å²) in [6.07, 6.45) is 8.41. The van der Waals surface area contributed by atoms with E-state index in [1.165, 1.54) is 39.2 Å². The van der Waals surface area contributed by atoms with Gasteiger partial charge in [0, 0.05) is 0 Å². The van der Waals surface area contributed by atoms with Crippen molar-refractivity contribution in [2.45, 2.75) is 57.9 Å². The van der Waals surface area contributed by atoms with Crippen LogP contribution in [0.5, 0.6) is 0 Å². The Hall–Kier alpha value is -0.570. The SMILES string of the molecule is CCCCCCN1CCCC[C@@H]1C(=O)OC. The Labute approximate surface area is 99.1 Å². The van der Waals surface area contributed by atoms with Crippen molar-refractivity contribution in [3.63, 3.8) is 0 Å². The Morgan fingerprint density at radius 2 is 2.12 bits per heavy atom. The van der Waals surface area contributed by atoms with Gasteiger partial charge in [0.05, 0.1) is 7.11 Å². The minimum Gasteiger partial charge on any atom is -0.468 e. The number of unbranched alkanes of at least 4 members (excludes halogenated alkanes) is 3. The van der Waals surface area contributed by atoms with Gasteiger partial charge in [-0.1, -0.05) is 32.6 Å². The summed E-state index contributed by atoms with van der Waals surface area (Å²) in [5.74, 6) is -0.0461. The highest BCUT2D eigenvalue weighted by Crippen LogP contribution is 2.18. The number of nitrogens with zero attached hydrogens (tertiary/aromatic N) is 1. The van der Waals surface area contributed by atoms with Gasteiger partial charge in [-0.2, -0.15) is 0 Å². The van der Waals surface area contributed by atoms with Crippen molar-refractivity contribution in [3.05, 3.63) is 0 Å².